The van der Waals surface area contributed by atoms with Gasteiger partial charge in [-0.25, -0.2) is 9.78 Å². The number of nitriles is 1. The van der Waals surface area contributed by atoms with Crippen LogP contribution in [0.1, 0.15) is 34.8 Å². The largest absolute Gasteiger partial charge is 0.497 e. The molecule has 1 aliphatic rings. The molecule has 39 heavy (non-hydrogen) atoms. The molecule has 2 aromatic carbocycles. The average Bonchev–Trinajstić information content (AvgIpc) is 3.30. The van der Waals surface area contributed by atoms with Gasteiger partial charge in [0.1, 0.15) is 23.5 Å². The Hall–Kier alpha value is -4.40. The number of aliphatic hydroxyl groups is 1. The van der Waals surface area contributed by atoms with Crippen molar-refractivity contribution in [2.24, 2.45) is 5.92 Å². The minimum absolute atomic E-state index is 0.0110. The third-order valence-electron chi connectivity index (χ3n) is 6.42. The number of rotatable bonds is 10. The maximum Gasteiger partial charge on any atom is 0.347 e. The molecule has 0 spiro atoms. The van der Waals surface area contributed by atoms with Crippen LogP contribution in [0.3, 0.4) is 0 Å². The summed E-state index contributed by atoms with van der Waals surface area (Å²) in [5.74, 6) is 0.725. The van der Waals surface area contributed by atoms with Crippen LogP contribution >= 0.6 is 0 Å². The molecule has 3 aromatic rings. The number of ether oxygens (including phenoxy) is 4. The Kier molecular flexibility index (Phi) is 8.81. The van der Waals surface area contributed by atoms with Crippen molar-refractivity contribution in [3.8, 4) is 34.8 Å². The molecule has 0 saturated carbocycles. The Morgan fingerprint density at radius 2 is 2.03 bits per heavy atom. The fourth-order valence-corrected chi connectivity index (χ4v) is 4.48. The lowest BCUT2D eigenvalue weighted by Gasteiger charge is -2.21. The van der Waals surface area contributed by atoms with Crippen LogP contribution in [-0.2, 0) is 11.3 Å². The maximum atomic E-state index is 12.7. The molecule has 2 heterocycles. The number of nitrogen functional groups attached to an aromatic ring is 1. The van der Waals surface area contributed by atoms with E-state index in [1.807, 2.05) is 17.0 Å². The minimum Gasteiger partial charge on any atom is -0.497 e. The number of hydrogen-bond donors (Lipinski definition) is 2. The number of methoxy groups -OCH3 is 2. The molecule has 1 fully saturated rings. The molecule has 0 radical (unpaired) electrons. The number of nitrogens with two attached hydrogens (primary N) is 1. The molecule has 4 rings (SSSR count). The SMILES string of the molecule is CCOC(=O)c1c(N)nc(-c2cccc(C#N)c2)nc1OCC1CC(O)N(Cc2ccc(OC)cc2OC)C1. The Labute approximate surface area is 226 Å². The van der Waals surface area contributed by atoms with Crippen molar-refractivity contribution in [3.63, 3.8) is 0 Å². The van der Waals surface area contributed by atoms with Gasteiger partial charge in [0.25, 0.3) is 0 Å². The van der Waals surface area contributed by atoms with Gasteiger partial charge in [-0.2, -0.15) is 10.2 Å². The second-order valence-electron chi connectivity index (χ2n) is 9.03. The second kappa shape index (κ2) is 12.4. The minimum atomic E-state index is -0.693. The van der Waals surface area contributed by atoms with Gasteiger partial charge in [0.05, 0.1) is 39.1 Å². The fourth-order valence-electron chi connectivity index (χ4n) is 4.48. The summed E-state index contributed by atoms with van der Waals surface area (Å²) in [4.78, 5) is 23.3. The van der Waals surface area contributed by atoms with Gasteiger partial charge < -0.3 is 29.8 Å². The third-order valence-corrected chi connectivity index (χ3v) is 6.42. The first-order valence-electron chi connectivity index (χ1n) is 12.5. The zero-order chi connectivity index (χ0) is 27.9. The molecule has 204 valence electrons. The first-order valence-corrected chi connectivity index (χ1v) is 12.5. The highest BCUT2D eigenvalue weighted by molar-refractivity contribution is 5.97. The van der Waals surface area contributed by atoms with Crippen LogP contribution in [0, 0.1) is 17.2 Å². The molecule has 11 heteroatoms. The number of nitrogens with zero attached hydrogens (tertiary/aromatic N) is 4. The zero-order valence-electron chi connectivity index (χ0n) is 22.1. The van der Waals surface area contributed by atoms with Gasteiger partial charge in [-0.05, 0) is 31.5 Å². The van der Waals surface area contributed by atoms with Gasteiger partial charge in [-0.1, -0.05) is 18.2 Å². The van der Waals surface area contributed by atoms with E-state index in [9.17, 15) is 15.2 Å². The van der Waals surface area contributed by atoms with Gasteiger partial charge in [0, 0.05) is 36.2 Å². The van der Waals surface area contributed by atoms with E-state index in [0.29, 0.717) is 42.1 Å². The number of likely N-dealkylation sites (tertiary alicyclic amines) is 1. The van der Waals surface area contributed by atoms with Crippen molar-refractivity contribution in [1.29, 1.82) is 5.26 Å². The highest BCUT2D eigenvalue weighted by Gasteiger charge is 2.32. The van der Waals surface area contributed by atoms with E-state index in [2.05, 4.69) is 16.0 Å². The van der Waals surface area contributed by atoms with Gasteiger partial charge in [-0.3, -0.25) is 4.90 Å². The number of aliphatic hydroxyl groups excluding tert-OH is 1. The molecule has 11 nitrogen and oxygen atoms in total. The van der Waals surface area contributed by atoms with Crippen LogP contribution in [0.4, 0.5) is 5.82 Å². The van der Waals surface area contributed by atoms with E-state index in [1.165, 1.54) is 0 Å². The smallest absolute Gasteiger partial charge is 0.347 e. The van der Waals surface area contributed by atoms with Crippen molar-refractivity contribution in [2.75, 3.05) is 39.7 Å². The maximum absolute atomic E-state index is 12.7. The van der Waals surface area contributed by atoms with Gasteiger partial charge in [0.2, 0.25) is 5.88 Å². The predicted octanol–water partition coefficient (Wildman–Crippen LogP) is 3.01. The molecule has 1 saturated heterocycles. The van der Waals surface area contributed by atoms with E-state index >= 15 is 0 Å². The molecule has 0 amide bonds. The highest BCUT2D eigenvalue weighted by Crippen LogP contribution is 2.31. The van der Waals surface area contributed by atoms with Crippen molar-refractivity contribution >= 4 is 11.8 Å². The molecule has 2 atom stereocenters. The van der Waals surface area contributed by atoms with Crippen molar-refractivity contribution < 1.29 is 28.8 Å². The molecule has 1 aliphatic heterocycles. The lowest BCUT2D eigenvalue weighted by molar-refractivity contribution is 0.0323. The van der Waals surface area contributed by atoms with Gasteiger partial charge >= 0.3 is 5.97 Å². The topological polar surface area (TPSA) is 153 Å². The molecule has 0 aliphatic carbocycles. The summed E-state index contributed by atoms with van der Waals surface area (Å²) in [6.45, 7) is 3.02. The predicted molar refractivity (Wildman–Crippen MR) is 142 cm³/mol. The number of aromatic nitrogens is 2. The summed E-state index contributed by atoms with van der Waals surface area (Å²) in [7, 11) is 3.18. The van der Waals surface area contributed by atoms with Crippen LogP contribution < -0.4 is 19.9 Å². The average molecular weight is 534 g/mol. The lowest BCUT2D eigenvalue weighted by atomic mass is 10.1. The van der Waals surface area contributed by atoms with E-state index in [-0.39, 0.29) is 42.2 Å². The standard InChI is InChI=1S/C28H31N5O6/c1-4-38-28(35)24-25(30)31-26(19-7-5-6-17(10-19)13-29)32-27(24)39-16-18-11-23(34)33(14-18)15-20-8-9-21(36-2)12-22(20)37-3/h5-10,12,18,23,34H,4,11,14-16H2,1-3H3,(H2,30,31,32). The van der Waals surface area contributed by atoms with Crippen LogP contribution in [0.5, 0.6) is 17.4 Å². The summed E-state index contributed by atoms with van der Waals surface area (Å²) in [5.41, 5.74) is 7.99. The number of hydrogen-bond acceptors (Lipinski definition) is 11. The molecule has 3 N–H and O–H groups in total. The fraction of sp³-hybridized carbons (Fsp3) is 0.357. The van der Waals surface area contributed by atoms with Crippen LogP contribution in [0.2, 0.25) is 0 Å². The van der Waals surface area contributed by atoms with Crippen LogP contribution in [0.25, 0.3) is 11.4 Å². The number of esters is 1. The Morgan fingerprint density at radius 3 is 2.74 bits per heavy atom. The molecular weight excluding hydrogens is 502 g/mol. The molecule has 1 aromatic heterocycles. The summed E-state index contributed by atoms with van der Waals surface area (Å²) in [6.07, 6.45) is -0.222. The van der Waals surface area contributed by atoms with Gasteiger partial charge in [0.15, 0.2) is 11.4 Å². The van der Waals surface area contributed by atoms with Crippen molar-refractivity contribution in [2.45, 2.75) is 26.1 Å². The summed E-state index contributed by atoms with van der Waals surface area (Å²) < 4.78 is 21.9. The summed E-state index contributed by atoms with van der Waals surface area (Å²) in [5, 5.41) is 20.0. The first-order chi connectivity index (χ1) is 18.9. The second-order valence-corrected chi connectivity index (χ2v) is 9.03. The van der Waals surface area contributed by atoms with E-state index in [0.717, 1.165) is 5.56 Å². The van der Waals surface area contributed by atoms with Gasteiger partial charge in [-0.15, -0.1) is 0 Å². The molecule has 2 unspecified atom stereocenters. The zero-order valence-corrected chi connectivity index (χ0v) is 22.1. The first kappa shape index (κ1) is 27.6. The third kappa shape index (κ3) is 6.37. The monoisotopic (exact) mass is 533 g/mol. The number of carbonyl (C=O) groups is 1. The van der Waals surface area contributed by atoms with E-state index in [1.54, 1.807) is 51.5 Å². The summed E-state index contributed by atoms with van der Waals surface area (Å²) >= 11 is 0. The normalized spacial score (nSPS) is 16.9. The van der Waals surface area contributed by atoms with Crippen molar-refractivity contribution in [3.05, 3.63) is 59.2 Å². The Balaban J connectivity index is 1.53. The quantitative estimate of drug-likeness (QED) is 0.370. The number of carbonyl (C=O) groups excluding carboxylic acids is 1. The van der Waals surface area contributed by atoms with E-state index < -0.39 is 12.2 Å². The lowest BCUT2D eigenvalue weighted by Crippen LogP contribution is -2.29. The number of benzene rings is 2. The van der Waals surface area contributed by atoms with Crippen LogP contribution in [0.15, 0.2) is 42.5 Å². The van der Waals surface area contributed by atoms with Crippen LogP contribution in [-0.4, -0.2) is 66.1 Å². The Bertz CT molecular complexity index is 1380. The molecular formula is C28H31N5O6. The van der Waals surface area contributed by atoms with Crippen molar-refractivity contribution in [1.82, 2.24) is 14.9 Å². The Morgan fingerprint density at radius 1 is 1.21 bits per heavy atom. The van der Waals surface area contributed by atoms with E-state index in [4.69, 9.17) is 24.7 Å². The highest BCUT2D eigenvalue weighted by atomic mass is 16.5. The molecule has 0 bridgehead atoms. The summed E-state index contributed by atoms with van der Waals surface area (Å²) in [6, 6.07) is 14.4. The number of anilines is 1.